The molecule has 9 nitrogen and oxygen atoms in total. The van der Waals surface area contributed by atoms with E-state index in [1.54, 1.807) is 16.8 Å². The fourth-order valence-corrected chi connectivity index (χ4v) is 4.09. The van der Waals surface area contributed by atoms with Gasteiger partial charge in [0.25, 0.3) is 5.91 Å². The molecule has 1 aliphatic rings. The Morgan fingerprint density at radius 3 is 2.53 bits per heavy atom. The van der Waals surface area contributed by atoms with E-state index in [4.69, 9.17) is 21.1 Å². The minimum Gasteiger partial charge on any atom is -0.490 e. The van der Waals surface area contributed by atoms with E-state index in [9.17, 15) is 4.79 Å². The van der Waals surface area contributed by atoms with Crippen LogP contribution in [0.15, 0.2) is 42.5 Å². The molecule has 0 saturated carbocycles. The standard InChI is InChI=1S/C24H29ClN6O3/c1-3-5-15-34-22-20(25)16-18(17-21(22)33-4-2)23(32)29-11-13-30(14-12-29)24-26-27-28-31(24)19-9-7-6-8-10-19/h6-10,16-17H,3-5,11-15H2,1-2H3. The molecule has 1 fully saturated rings. The maximum atomic E-state index is 13.3. The number of rotatable bonds is 9. The summed E-state index contributed by atoms with van der Waals surface area (Å²) in [6.45, 7) is 7.29. The molecule has 0 radical (unpaired) electrons. The molecule has 4 rings (SSSR count). The maximum absolute atomic E-state index is 13.3. The summed E-state index contributed by atoms with van der Waals surface area (Å²) in [6, 6.07) is 13.1. The average Bonchev–Trinajstić information content (AvgIpc) is 3.36. The Morgan fingerprint density at radius 2 is 1.82 bits per heavy atom. The molecule has 10 heteroatoms. The number of carbonyl (C=O) groups is 1. The van der Waals surface area contributed by atoms with Gasteiger partial charge in [-0.3, -0.25) is 4.79 Å². The van der Waals surface area contributed by atoms with Crippen LogP contribution >= 0.6 is 11.6 Å². The number of piperazine rings is 1. The Balaban J connectivity index is 1.45. The van der Waals surface area contributed by atoms with E-state index >= 15 is 0 Å². The van der Waals surface area contributed by atoms with E-state index < -0.39 is 0 Å². The number of anilines is 1. The second-order valence-corrected chi connectivity index (χ2v) is 8.33. The van der Waals surface area contributed by atoms with Crippen molar-refractivity contribution in [2.45, 2.75) is 26.7 Å². The summed E-state index contributed by atoms with van der Waals surface area (Å²) in [5.41, 5.74) is 1.37. The first-order valence-electron chi connectivity index (χ1n) is 11.6. The molecular formula is C24H29ClN6O3. The van der Waals surface area contributed by atoms with Crippen LogP contribution in [-0.2, 0) is 0 Å². The van der Waals surface area contributed by atoms with Gasteiger partial charge in [-0.2, -0.15) is 4.68 Å². The van der Waals surface area contributed by atoms with Gasteiger partial charge in [0, 0.05) is 31.7 Å². The molecule has 1 aliphatic heterocycles. The number of hydrogen-bond acceptors (Lipinski definition) is 7. The van der Waals surface area contributed by atoms with E-state index in [1.807, 2.05) is 42.2 Å². The van der Waals surface area contributed by atoms with Crippen molar-refractivity contribution in [1.29, 1.82) is 0 Å². The van der Waals surface area contributed by atoms with Gasteiger partial charge < -0.3 is 19.3 Å². The summed E-state index contributed by atoms with van der Waals surface area (Å²) in [5, 5.41) is 12.6. The van der Waals surface area contributed by atoms with E-state index in [0.717, 1.165) is 18.5 Å². The first-order chi connectivity index (χ1) is 16.6. The second kappa shape index (κ2) is 11.2. The highest BCUT2D eigenvalue weighted by molar-refractivity contribution is 6.32. The van der Waals surface area contributed by atoms with Crippen LogP contribution in [0.4, 0.5) is 5.95 Å². The van der Waals surface area contributed by atoms with Crippen LogP contribution in [0.3, 0.4) is 0 Å². The zero-order chi connectivity index (χ0) is 23.9. The highest BCUT2D eigenvalue weighted by Gasteiger charge is 2.27. The average molecular weight is 485 g/mol. The number of nitrogens with zero attached hydrogens (tertiary/aromatic N) is 6. The number of tetrazole rings is 1. The maximum Gasteiger partial charge on any atom is 0.254 e. The van der Waals surface area contributed by atoms with Gasteiger partial charge in [0.2, 0.25) is 5.95 Å². The zero-order valence-corrected chi connectivity index (χ0v) is 20.2. The molecule has 0 atom stereocenters. The quantitative estimate of drug-likeness (QED) is 0.426. The highest BCUT2D eigenvalue weighted by Crippen LogP contribution is 2.37. The molecule has 3 aromatic rings. The lowest BCUT2D eigenvalue weighted by atomic mass is 10.1. The smallest absolute Gasteiger partial charge is 0.254 e. The van der Waals surface area contributed by atoms with Gasteiger partial charge in [0.15, 0.2) is 11.5 Å². The third kappa shape index (κ3) is 5.25. The Labute approximate surface area is 204 Å². The van der Waals surface area contributed by atoms with Crippen LogP contribution < -0.4 is 14.4 Å². The van der Waals surface area contributed by atoms with E-state index in [0.29, 0.717) is 67.4 Å². The monoisotopic (exact) mass is 484 g/mol. The number of halogens is 1. The third-order valence-corrected chi connectivity index (χ3v) is 5.88. The molecule has 1 aromatic heterocycles. The van der Waals surface area contributed by atoms with E-state index in [2.05, 4.69) is 27.3 Å². The molecule has 0 bridgehead atoms. The minimum atomic E-state index is -0.0923. The van der Waals surface area contributed by atoms with Gasteiger partial charge >= 0.3 is 0 Å². The predicted molar refractivity (Wildman–Crippen MR) is 130 cm³/mol. The van der Waals surface area contributed by atoms with Crippen LogP contribution in [0.5, 0.6) is 11.5 Å². The number of amides is 1. The first-order valence-corrected chi connectivity index (χ1v) is 12.0. The summed E-state index contributed by atoms with van der Waals surface area (Å²) in [5.74, 6) is 1.56. The zero-order valence-electron chi connectivity index (χ0n) is 19.5. The van der Waals surface area contributed by atoms with Crippen LogP contribution in [0.25, 0.3) is 5.69 Å². The van der Waals surface area contributed by atoms with Crippen LogP contribution in [0, 0.1) is 0 Å². The summed E-state index contributed by atoms with van der Waals surface area (Å²) in [6.07, 6.45) is 1.93. The lowest BCUT2D eigenvalue weighted by molar-refractivity contribution is 0.0745. The molecule has 180 valence electrons. The molecule has 1 saturated heterocycles. The first kappa shape index (κ1) is 23.8. The largest absolute Gasteiger partial charge is 0.490 e. The summed E-state index contributed by atoms with van der Waals surface area (Å²) in [7, 11) is 0. The van der Waals surface area contributed by atoms with Crippen LogP contribution in [0.1, 0.15) is 37.0 Å². The fraction of sp³-hybridized carbons (Fsp3) is 0.417. The summed E-state index contributed by atoms with van der Waals surface area (Å²) >= 11 is 6.49. The highest BCUT2D eigenvalue weighted by atomic mass is 35.5. The van der Waals surface area contributed by atoms with Crippen molar-refractivity contribution in [2.75, 3.05) is 44.3 Å². The van der Waals surface area contributed by atoms with Gasteiger partial charge in [-0.25, -0.2) is 0 Å². The molecule has 0 spiro atoms. The van der Waals surface area contributed by atoms with Crippen molar-refractivity contribution < 1.29 is 14.3 Å². The molecule has 1 amide bonds. The Morgan fingerprint density at radius 1 is 1.06 bits per heavy atom. The number of hydrogen-bond donors (Lipinski definition) is 0. The number of benzene rings is 2. The predicted octanol–water partition coefficient (Wildman–Crippen LogP) is 3.86. The molecule has 2 aromatic carbocycles. The van der Waals surface area contributed by atoms with Gasteiger partial charge in [-0.05, 0) is 48.0 Å². The van der Waals surface area contributed by atoms with Gasteiger partial charge in [0.05, 0.1) is 23.9 Å². The van der Waals surface area contributed by atoms with Crippen molar-refractivity contribution in [2.24, 2.45) is 0 Å². The Hall–Kier alpha value is -3.33. The van der Waals surface area contributed by atoms with Crippen molar-refractivity contribution in [1.82, 2.24) is 25.1 Å². The molecule has 2 heterocycles. The van der Waals surface area contributed by atoms with Gasteiger partial charge in [-0.1, -0.05) is 48.2 Å². The van der Waals surface area contributed by atoms with Crippen molar-refractivity contribution >= 4 is 23.5 Å². The van der Waals surface area contributed by atoms with Gasteiger partial charge in [-0.15, -0.1) is 0 Å². The van der Waals surface area contributed by atoms with Crippen molar-refractivity contribution in [3.05, 3.63) is 53.1 Å². The Bertz CT molecular complexity index is 1100. The van der Waals surface area contributed by atoms with E-state index in [-0.39, 0.29) is 5.91 Å². The number of para-hydroxylation sites is 1. The third-order valence-electron chi connectivity index (χ3n) is 5.60. The summed E-state index contributed by atoms with van der Waals surface area (Å²) in [4.78, 5) is 17.2. The topological polar surface area (TPSA) is 85.6 Å². The minimum absolute atomic E-state index is 0.0923. The molecule has 34 heavy (non-hydrogen) atoms. The lowest BCUT2D eigenvalue weighted by Gasteiger charge is -2.35. The summed E-state index contributed by atoms with van der Waals surface area (Å²) < 4.78 is 13.3. The van der Waals surface area contributed by atoms with Crippen LogP contribution in [-0.4, -0.2) is 70.4 Å². The lowest BCUT2D eigenvalue weighted by Crippen LogP contribution is -2.49. The number of aromatic nitrogens is 4. The van der Waals surface area contributed by atoms with Crippen molar-refractivity contribution in [3.63, 3.8) is 0 Å². The molecule has 0 N–H and O–H groups in total. The Kier molecular flexibility index (Phi) is 7.84. The normalized spacial score (nSPS) is 13.7. The molecule has 0 aliphatic carbocycles. The molecule has 0 unspecified atom stereocenters. The fourth-order valence-electron chi connectivity index (χ4n) is 3.82. The van der Waals surface area contributed by atoms with E-state index in [1.165, 1.54) is 0 Å². The van der Waals surface area contributed by atoms with Crippen LogP contribution in [0.2, 0.25) is 5.02 Å². The number of ether oxygens (including phenoxy) is 2. The second-order valence-electron chi connectivity index (χ2n) is 7.93. The SMILES string of the molecule is CCCCOc1c(Cl)cc(C(=O)N2CCN(c3nnnn3-c3ccccc3)CC2)cc1OCC. The van der Waals surface area contributed by atoms with Crippen molar-refractivity contribution in [3.8, 4) is 17.2 Å². The number of carbonyl (C=O) groups excluding carboxylic acids is 1. The van der Waals surface area contributed by atoms with Gasteiger partial charge in [0.1, 0.15) is 0 Å². The number of unbranched alkanes of at least 4 members (excludes halogenated alkanes) is 1. The molecular weight excluding hydrogens is 456 g/mol.